The lowest BCUT2D eigenvalue weighted by Gasteiger charge is -2.29. The zero-order valence-corrected chi connectivity index (χ0v) is 18.0. The topological polar surface area (TPSA) is 55.8 Å². The van der Waals surface area contributed by atoms with Crippen molar-refractivity contribution in [1.82, 2.24) is 4.90 Å². The Morgan fingerprint density at radius 1 is 0.967 bits per heavy atom. The monoisotopic (exact) mass is 429 g/mol. The van der Waals surface area contributed by atoms with Crippen molar-refractivity contribution in [2.24, 2.45) is 0 Å². The van der Waals surface area contributed by atoms with Gasteiger partial charge >= 0.3 is 11.9 Å². The molecular weight excluding hydrogens is 405 g/mol. The van der Waals surface area contributed by atoms with E-state index in [4.69, 9.17) is 9.47 Å². The molecule has 2 heterocycles. The Hall–Kier alpha value is -2.93. The molecule has 7 heteroatoms. The lowest BCUT2D eigenvalue weighted by molar-refractivity contribution is -0.139. The first kappa shape index (κ1) is 21.8. The predicted molar refractivity (Wildman–Crippen MR) is 113 cm³/mol. The van der Waals surface area contributed by atoms with E-state index in [0.29, 0.717) is 17.7 Å². The number of rotatable bonds is 7. The van der Waals surface area contributed by atoms with Gasteiger partial charge in [-0.25, -0.2) is 14.0 Å². The minimum atomic E-state index is -0.564. The normalized spacial score (nSPS) is 14.2. The summed E-state index contributed by atoms with van der Waals surface area (Å²) in [4.78, 5) is 29.3. The van der Waals surface area contributed by atoms with Crippen LogP contribution in [0.1, 0.15) is 35.1 Å². The van der Waals surface area contributed by atoms with E-state index in [0.717, 1.165) is 15.3 Å². The van der Waals surface area contributed by atoms with Gasteiger partial charge in [-0.2, -0.15) is 0 Å². The molecule has 0 N–H and O–H groups in total. The molecule has 158 valence electrons. The van der Waals surface area contributed by atoms with Crippen LogP contribution >= 0.6 is 11.3 Å². The zero-order valence-electron chi connectivity index (χ0n) is 17.2. The third kappa shape index (κ3) is 4.97. The quantitative estimate of drug-likeness (QED) is 0.598. The van der Waals surface area contributed by atoms with Gasteiger partial charge in [0.15, 0.2) is 0 Å². The Labute approximate surface area is 179 Å². The number of carbonyl (C=O) groups excluding carboxylic acids is 2. The highest BCUT2D eigenvalue weighted by Crippen LogP contribution is 2.40. The molecule has 0 saturated heterocycles. The summed E-state index contributed by atoms with van der Waals surface area (Å²) in [6, 6.07) is 9.96. The van der Waals surface area contributed by atoms with Crippen LogP contribution in [0.3, 0.4) is 0 Å². The van der Waals surface area contributed by atoms with Crippen LogP contribution in [0.25, 0.3) is 0 Å². The van der Waals surface area contributed by atoms with Crippen LogP contribution in [0.2, 0.25) is 0 Å². The lowest BCUT2D eigenvalue weighted by atomic mass is 9.87. The highest BCUT2D eigenvalue weighted by atomic mass is 32.1. The number of esters is 2. The van der Waals surface area contributed by atoms with E-state index < -0.39 is 17.9 Å². The number of halogens is 1. The fourth-order valence-electron chi connectivity index (χ4n) is 3.29. The Morgan fingerprint density at radius 3 is 2.00 bits per heavy atom. The van der Waals surface area contributed by atoms with Crippen LogP contribution in [-0.2, 0) is 25.6 Å². The first-order valence-corrected chi connectivity index (χ1v) is 10.6. The molecule has 0 atom stereocenters. The maximum atomic E-state index is 13.3. The number of carbonyl (C=O) groups is 2. The number of hydrogen-bond acceptors (Lipinski definition) is 6. The molecule has 0 aliphatic carbocycles. The third-order valence-electron chi connectivity index (χ3n) is 4.58. The molecule has 1 aliphatic heterocycles. The first-order chi connectivity index (χ1) is 14.4. The molecule has 1 aromatic carbocycles. The smallest absolute Gasteiger partial charge is 0.336 e. The summed E-state index contributed by atoms with van der Waals surface area (Å²) in [5, 5.41) is 0. The van der Waals surface area contributed by atoms with Crippen LogP contribution < -0.4 is 0 Å². The van der Waals surface area contributed by atoms with Gasteiger partial charge in [0.25, 0.3) is 0 Å². The molecule has 1 aliphatic rings. The maximum absolute atomic E-state index is 13.3. The fourth-order valence-corrected chi connectivity index (χ4v) is 4.30. The second kappa shape index (κ2) is 9.71. The van der Waals surface area contributed by atoms with Crippen LogP contribution in [0, 0.1) is 12.7 Å². The Bertz CT molecular complexity index is 941. The Morgan fingerprint density at radius 2 is 1.53 bits per heavy atom. The van der Waals surface area contributed by atoms with Crippen molar-refractivity contribution < 1.29 is 23.5 Å². The summed E-state index contributed by atoms with van der Waals surface area (Å²) in [5.74, 6) is -1.84. The van der Waals surface area contributed by atoms with Crippen molar-refractivity contribution in [2.75, 3.05) is 13.2 Å². The number of aryl methyl sites for hydroxylation is 1. The van der Waals surface area contributed by atoms with Gasteiger partial charge in [0, 0.05) is 28.7 Å². The zero-order chi connectivity index (χ0) is 21.7. The summed E-state index contributed by atoms with van der Waals surface area (Å²) in [7, 11) is 0. The molecule has 0 spiro atoms. The number of benzene rings is 1. The molecule has 3 rings (SSSR count). The van der Waals surface area contributed by atoms with Gasteiger partial charge in [-0.05, 0) is 50.6 Å². The van der Waals surface area contributed by atoms with Gasteiger partial charge in [-0.15, -0.1) is 11.3 Å². The third-order valence-corrected chi connectivity index (χ3v) is 5.64. The SMILES string of the molecule is CCOC(=O)C1=CN(Cc2ccc(F)cc2)C=C(C(=O)OCC)C1c1ccc(C)s1. The van der Waals surface area contributed by atoms with Gasteiger partial charge in [0.2, 0.25) is 0 Å². The van der Waals surface area contributed by atoms with Crippen molar-refractivity contribution in [1.29, 1.82) is 0 Å². The molecule has 0 saturated carbocycles. The minimum absolute atomic E-state index is 0.225. The molecule has 0 unspecified atom stereocenters. The molecule has 30 heavy (non-hydrogen) atoms. The molecule has 0 radical (unpaired) electrons. The Balaban J connectivity index is 2.04. The van der Waals surface area contributed by atoms with E-state index >= 15 is 0 Å². The average Bonchev–Trinajstić information content (AvgIpc) is 3.15. The van der Waals surface area contributed by atoms with Crippen molar-refractivity contribution in [3.05, 3.63) is 81.1 Å². The largest absolute Gasteiger partial charge is 0.463 e. The summed E-state index contributed by atoms with van der Waals surface area (Å²) >= 11 is 1.52. The second-order valence-electron chi connectivity index (χ2n) is 6.79. The van der Waals surface area contributed by atoms with Crippen molar-refractivity contribution >= 4 is 23.3 Å². The average molecular weight is 430 g/mol. The lowest BCUT2D eigenvalue weighted by Crippen LogP contribution is -2.29. The second-order valence-corrected chi connectivity index (χ2v) is 8.11. The van der Waals surface area contributed by atoms with E-state index in [2.05, 4.69) is 0 Å². The van der Waals surface area contributed by atoms with Gasteiger partial charge in [0.1, 0.15) is 5.82 Å². The predicted octanol–water partition coefficient (Wildman–Crippen LogP) is 4.69. The van der Waals surface area contributed by atoms with Crippen LogP contribution in [0.4, 0.5) is 4.39 Å². The molecule has 2 aromatic rings. The van der Waals surface area contributed by atoms with E-state index in [9.17, 15) is 14.0 Å². The van der Waals surface area contributed by atoms with E-state index in [1.54, 1.807) is 43.3 Å². The van der Waals surface area contributed by atoms with E-state index in [1.807, 2.05) is 19.1 Å². The molecule has 1 aromatic heterocycles. The number of thiophene rings is 1. The molecule has 0 fully saturated rings. The maximum Gasteiger partial charge on any atom is 0.336 e. The number of hydrogen-bond donors (Lipinski definition) is 0. The Kier molecular flexibility index (Phi) is 7.05. The summed E-state index contributed by atoms with van der Waals surface area (Å²) in [5.41, 5.74) is 1.57. The molecule has 5 nitrogen and oxygen atoms in total. The summed E-state index contributed by atoms with van der Waals surface area (Å²) in [6.45, 7) is 6.26. The van der Waals surface area contributed by atoms with Gasteiger partial charge in [-0.3, -0.25) is 0 Å². The molecule has 0 bridgehead atoms. The molecule has 0 amide bonds. The highest BCUT2D eigenvalue weighted by Gasteiger charge is 2.36. The van der Waals surface area contributed by atoms with Crippen molar-refractivity contribution in [2.45, 2.75) is 33.2 Å². The first-order valence-electron chi connectivity index (χ1n) is 9.77. The van der Waals surface area contributed by atoms with Crippen molar-refractivity contribution in [3.8, 4) is 0 Å². The van der Waals surface area contributed by atoms with Crippen LogP contribution in [-0.4, -0.2) is 30.1 Å². The minimum Gasteiger partial charge on any atom is -0.463 e. The fraction of sp³-hybridized carbons (Fsp3) is 0.304. The van der Waals surface area contributed by atoms with Gasteiger partial charge in [-0.1, -0.05) is 12.1 Å². The summed E-state index contributed by atoms with van der Waals surface area (Å²) in [6.07, 6.45) is 3.40. The van der Waals surface area contributed by atoms with Gasteiger partial charge in [0.05, 0.1) is 30.3 Å². The van der Waals surface area contributed by atoms with E-state index in [1.165, 1.54) is 23.5 Å². The molecular formula is C23H24FNO4S. The van der Waals surface area contributed by atoms with Crippen LogP contribution in [0.5, 0.6) is 0 Å². The van der Waals surface area contributed by atoms with E-state index in [-0.39, 0.29) is 19.0 Å². The van der Waals surface area contributed by atoms with Gasteiger partial charge < -0.3 is 14.4 Å². The van der Waals surface area contributed by atoms with Crippen molar-refractivity contribution in [3.63, 3.8) is 0 Å². The van der Waals surface area contributed by atoms with Crippen LogP contribution in [0.15, 0.2) is 59.9 Å². The number of ether oxygens (including phenoxy) is 2. The highest BCUT2D eigenvalue weighted by molar-refractivity contribution is 7.12. The number of nitrogens with zero attached hydrogens (tertiary/aromatic N) is 1. The standard InChI is InChI=1S/C23H24FNO4S/c1-4-28-22(26)18-13-25(12-16-7-9-17(24)10-8-16)14-19(23(27)29-5-2)21(18)20-11-6-15(3)30-20/h6-11,13-14,21H,4-5,12H2,1-3H3. The summed E-state index contributed by atoms with van der Waals surface area (Å²) < 4.78 is 23.8.